The third-order valence-corrected chi connectivity index (χ3v) is 4.56. The minimum atomic E-state index is -1.03. The second-order valence-electron chi connectivity index (χ2n) is 6.50. The number of nitrogens with one attached hydrogen (secondary N) is 1. The normalized spacial score (nSPS) is 46.4. The molecule has 6 N–H and O–H groups in total. The quantitative estimate of drug-likeness (QED) is 0.379. The molecule has 4 unspecified atom stereocenters. The summed E-state index contributed by atoms with van der Waals surface area (Å²) in [6.07, 6.45) is -0.726. The maximum atomic E-state index is 9.63. The van der Waals surface area contributed by atoms with Gasteiger partial charge in [0.05, 0.1) is 24.4 Å². The van der Waals surface area contributed by atoms with Crippen LogP contribution >= 0.6 is 0 Å². The van der Waals surface area contributed by atoms with Crippen LogP contribution in [0, 0.1) is 11.8 Å². The molecule has 6 heteroatoms. The van der Waals surface area contributed by atoms with Gasteiger partial charge in [0, 0.05) is 0 Å². The number of hydrogen-bond acceptors (Lipinski definition) is 6. The highest BCUT2D eigenvalue weighted by Gasteiger charge is 2.34. The van der Waals surface area contributed by atoms with Gasteiger partial charge in [-0.05, 0) is 57.0 Å². The predicted octanol–water partition coefficient (Wildman–Crippen LogP) is -1.41. The Morgan fingerprint density at radius 2 is 1.10 bits per heavy atom. The summed E-state index contributed by atoms with van der Waals surface area (Å²) in [6.45, 7) is 1.39. The second kappa shape index (κ2) is 7.15. The molecule has 118 valence electrons. The number of rotatable bonds is 4. The van der Waals surface area contributed by atoms with Crippen LogP contribution in [0.15, 0.2) is 0 Å². The summed E-state index contributed by atoms with van der Waals surface area (Å²) in [5.74, 6) is 0.402. The maximum absolute atomic E-state index is 9.63. The zero-order valence-electron chi connectivity index (χ0n) is 11.7. The zero-order chi connectivity index (χ0) is 14.7. The Kier molecular flexibility index (Phi) is 5.77. The second-order valence-corrected chi connectivity index (χ2v) is 6.50. The van der Waals surface area contributed by atoms with Crippen molar-refractivity contribution in [3.05, 3.63) is 0 Å². The number of aliphatic hydroxyl groups is 5. The van der Waals surface area contributed by atoms with E-state index in [1.54, 1.807) is 0 Å². The van der Waals surface area contributed by atoms with Gasteiger partial charge in [0.1, 0.15) is 6.10 Å². The van der Waals surface area contributed by atoms with E-state index in [0.29, 0.717) is 38.6 Å². The molecule has 2 rings (SSSR count). The van der Waals surface area contributed by atoms with Gasteiger partial charge in [0.25, 0.3) is 0 Å². The molecule has 2 aliphatic carbocycles. The van der Waals surface area contributed by atoms with E-state index in [2.05, 4.69) is 5.32 Å². The molecule has 2 aliphatic rings. The van der Waals surface area contributed by atoms with Gasteiger partial charge >= 0.3 is 0 Å². The lowest BCUT2D eigenvalue weighted by Gasteiger charge is -2.35. The molecule has 4 atom stereocenters. The Balaban J connectivity index is 1.68. The highest BCUT2D eigenvalue weighted by atomic mass is 16.4. The Bertz CT molecular complexity index is 281. The van der Waals surface area contributed by atoms with Crippen LogP contribution in [0.3, 0.4) is 0 Å². The Hall–Kier alpha value is -0.240. The number of hydrogen-bond donors (Lipinski definition) is 6. The van der Waals surface area contributed by atoms with E-state index >= 15 is 0 Å². The summed E-state index contributed by atoms with van der Waals surface area (Å²) in [6, 6.07) is 0. The summed E-state index contributed by atoms with van der Waals surface area (Å²) < 4.78 is 0. The van der Waals surface area contributed by atoms with Gasteiger partial charge in [-0.2, -0.15) is 0 Å². The van der Waals surface area contributed by atoms with Crippen LogP contribution in [-0.2, 0) is 0 Å². The number of aliphatic hydroxyl groups excluding tert-OH is 5. The fourth-order valence-electron chi connectivity index (χ4n) is 3.51. The van der Waals surface area contributed by atoms with Crippen molar-refractivity contribution in [3.8, 4) is 0 Å². The van der Waals surface area contributed by atoms with Gasteiger partial charge in [0.2, 0.25) is 0 Å². The van der Waals surface area contributed by atoms with Crippen LogP contribution in [0.1, 0.15) is 32.1 Å². The van der Waals surface area contributed by atoms with E-state index in [9.17, 15) is 25.5 Å². The van der Waals surface area contributed by atoms with Gasteiger partial charge in [-0.15, -0.1) is 0 Å². The minimum Gasteiger partial charge on any atom is -0.393 e. The van der Waals surface area contributed by atoms with E-state index in [1.165, 1.54) is 0 Å². The topological polar surface area (TPSA) is 113 Å². The van der Waals surface area contributed by atoms with Crippen molar-refractivity contribution >= 4 is 0 Å². The molecule has 2 fully saturated rings. The van der Waals surface area contributed by atoms with E-state index in [0.717, 1.165) is 6.54 Å². The van der Waals surface area contributed by atoms with Crippen LogP contribution in [-0.4, -0.2) is 69.1 Å². The molecule has 0 amide bonds. The van der Waals surface area contributed by atoms with Gasteiger partial charge in [-0.25, -0.2) is 0 Å². The lowest BCUT2D eigenvalue weighted by molar-refractivity contribution is -0.0994. The Morgan fingerprint density at radius 3 is 1.60 bits per heavy atom. The summed E-state index contributed by atoms with van der Waals surface area (Å²) in [5.41, 5.74) is 0. The minimum absolute atomic E-state index is 0.141. The first-order chi connectivity index (χ1) is 9.45. The average Bonchev–Trinajstić information content (AvgIpc) is 2.34. The Morgan fingerprint density at radius 1 is 0.650 bits per heavy atom. The smallest absolute Gasteiger partial charge is 0.106 e. The van der Waals surface area contributed by atoms with Crippen molar-refractivity contribution < 1.29 is 25.5 Å². The zero-order valence-corrected chi connectivity index (χ0v) is 11.7. The largest absolute Gasteiger partial charge is 0.393 e. The molecule has 20 heavy (non-hydrogen) atoms. The summed E-state index contributed by atoms with van der Waals surface area (Å²) in [7, 11) is 0. The molecule has 2 saturated carbocycles. The third kappa shape index (κ3) is 4.38. The molecule has 0 radical (unpaired) electrons. The van der Waals surface area contributed by atoms with Crippen molar-refractivity contribution in [3.63, 3.8) is 0 Å². The van der Waals surface area contributed by atoms with E-state index in [1.807, 2.05) is 0 Å². The van der Waals surface area contributed by atoms with Crippen molar-refractivity contribution in [1.82, 2.24) is 5.32 Å². The first-order valence-corrected chi connectivity index (χ1v) is 7.56. The van der Waals surface area contributed by atoms with E-state index in [4.69, 9.17) is 0 Å². The highest BCUT2D eigenvalue weighted by Crippen LogP contribution is 2.26. The molecule has 0 aromatic carbocycles. The molecule has 0 bridgehead atoms. The molecule has 0 aromatic rings. The summed E-state index contributed by atoms with van der Waals surface area (Å²) in [4.78, 5) is 0. The van der Waals surface area contributed by atoms with Crippen molar-refractivity contribution in [1.29, 1.82) is 0 Å². The first-order valence-electron chi connectivity index (χ1n) is 7.56. The fourth-order valence-corrected chi connectivity index (χ4v) is 3.51. The highest BCUT2D eigenvalue weighted by molar-refractivity contribution is 4.87. The van der Waals surface area contributed by atoms with Gasteiger partial charge < -0.3 is 30.8 Å². The van der Waals surface area contributed by atoms with Crippen molar-refractivity contribution in [2.45, 2.75) is 62.6 Å². The van der Waals surface area contributed by atoms with Crippen LogP contribution in [0.4, 0.5) is 0 Å². The molecular weight excluding hydrogens is 262 g/mol. The SMILES string of the molecule is OC1CC(O)CC(CNCC2CC(O)C(O)C(O)C2)C1. The third-order valence-electron chi connectivity index (χ3n) is 4.56. The molecule has 0 aromatic heterocycles. The van der Waals surface area contributed by atoms with Crippen molar-refractivity contribution in [2.24, 2.45) is 11.8 Å². The summed E-state index contributed by atoms with van der Waals surface area (Å²) >= 11 is 0. The fraction of sp³-hybridized carbons (Fsp3) is 1.00. The standard InChI is InChI=1S/C14H27NO5/c16-10-1-8(2-11(17)5-10)6-15-7-9-3-12(18)14(20)13(19)4-9/h8-20H,1-7H2. The Labute approximate surface area is 119 Å². The molecular formula is C14H27NO5. The first kappa shape index (κ1) is 16.1. The van der Waals surface area contributed by atoms with Crippen molar-refractivity contribution in [2.75, 3.05) is 13.1 Å². The van der Waals surface area contributed by atoms with Gasteiger partial charge in [0.15, 0.2) is 0 Å². The molecule has 0 heterocycles. The van der Waals surface area contributed by atoms with Gasteiger partial charge in [-0.3, -0.25) is 0 Å². The molecule has 0 spiro atoms. The monoisotopic (exact) mass is 289 g/mol. The summed E-state index contributed by atoms with van der Waals surface area (Å²) in [5, 5.41) is 51.3. The molecule has 6 nitrogen and oxygen atoms in total. The molecule has 0 saturated heterocycles. The van der Waals surface area contributed by atoms with Crippen LogP contribution in [0.5, 0.6) is 0 Å². The lowest BCUT2D eigenvalue weighted by Crippen LogP contribution is -2.47. The predicted molar refractivity (Wildman–Crippen MR) is 73.0 cm³/mol. The van der Waals surface area contributed by atoms with Crippen LogP contribution in [0.25, 0.3) is 0 Å². The van der Waals surface area contributed by atoms with Gasteiger partial charge in [-0.1, -0.05) is 0 Å². The van der Waals surface area contributed by atoms with Crippen LogP contribution < -0.4 is 5.32 Å². The average molecular weight is 289 g/mol. The molecule has 0 aliphatic heterocycles. The van der Waals surface area contributed by atoms with E-state index < -0.39 is 30.5 Å². The lowest BCUT2D eigenvalue weighted by atomic mass is 9.82. The van der Waals surface area contributed by atoms with E-state index in [-0.39, 0.29) is 11.8 Å². The maximum Gasteiger partial charge on any atom is 0.106 e. The van der Waals surface area contributed by atoms with Crippen LogP contribution in [0.2, 0.25) is 0 Å².